The van der Waals surface area contributed by atoms with Crippen LogP contribution in [0.5, 0.6) is 0 Å². The van der Waals surface area contributed by atoms with Crippen LogP contribution in [-0.2, 0) is 4.74 Å². The lowest BCUT2D eigenvalue weighted by molar-refractivity contribution is 0.0601. The SMILES string of the molecule is COC(=O)c1cc(SC(C)C(C)C)ccc1N. The number of carbonyl (C=O) groups is 1. The van der Waals surface area contributed by atoms with Crippen LogP contribution in [0.2, 0.25) is 0 Å². The maximum atomic E-state index is 11.5. The van der Waals surface area contributed by atoms with E-state index in [9.17, 15) is 4.79 Å². The Labute approximate surface area is 107 Å². The highest BCUT2D eigenvalue weighted by atomic mass is 32.2. The maximum absolute atomic E-state index is 11.5. The number of nitrogens with two attached hydrogens (primary N) is 1. The summed E-state index contributed by atoms with van der Waals surface area (Å²) in [6.07, 6.45) is 0. The number of methoxy groups -OCH3 is 1. The summed E-state index contributed by atoms with van der Waals surface area (Å²) in [6.45, 7) is 6.52. The number of rotatable bonds is 4. The fraction of sp³-hybridized carbons (Fsp3) is 0.462. The zero-order valence-electron chi connectivity index (χ0n) is 10.7. The van der Waals surface area contributed by atoms with Crippen molar-refractivity contribution in [2.45, 2.75) is 30.9 Å². The van der Waals surface area contributed by atoms with Gasteiger partial charge in [0.05, 0.1) is 12.7 Å². The first kappa shape index (κ1) is 13.9. The van der Waals surface area contributed by atoms with E-state index in [1.807, 2.05) is 6.07 Å². The zero-order valence-corrected chi connectivity index (χ0v) is 11.5. The summed E-state index contributed by atoms with van der Waals surface area (Å²) in [4.78, 5) is 12.5. The summed E-state index contributed by atoms with van der Waals surface area (Å²) in [5.41, 5.74) is 6.64. The van der Waals surface area contributed by atoms with Gasteiger partial charge in [0.25, 0.3) is 0 Å². The van der Waals surface area contributed by atoms with Gasteiger partial charge in [0, 0.05) is 15.8 Å². The van der Waals surface area contributed by atoms with Crippen LogP contribution < -0.4 is 5.73 Å². The van der Waals surface area contributed by atoms with Crippen LogP contribution in [0.15, 0.2) is 23.1 Å². The molecule has 0 aliphatic carbocycles. The molecule has 1 rings (SSSR count). The molecule has 17 heavy (non-hydrogen) atoms. The molecular weight excluding hydrogens is 234 g/mol. The van der Waals surface area contributed by atoms with Gasteiger partial charge < -0.3 is 10.5 Å². The van der Waals surface area contributed by atoms with E-state index < -0.39 is 0 Å². The normalized spacial score (nSPS) is 12.5. The second kappa shape index (κ2) is 5.96. The highest BCUT2D eigenvalue weighted by Crippen LogP contribution is 2.30. The molecule has 0 aliphatic heterocycles. The molecule has 0 amide bonds. The first-order valence-electron chi connectivity index (χ1n) is 5.60. The van der Waals surface area contributed by atoms with Crippen molar-refractivity contribution in [3.05, 3.63) is 23.8 Å². The van der Waals surface area contributed by atoms with E-state index in [1.165, 1.54) is 7.11 Å². The lowest BCUT2D eigenvalue weighted by atomic mass is 10.1. The van der Waals surface area contributed by atoms with E-state index in [4.69, 9.17) is 10.5 Å². The summed E-state index contributed by atoms with van der Waals surface area (Å²) in [5, 5.41) is 0.490. The van der Waals surface area contributed by atoms with Gasteiger partial charge in [0.1, 0.15) is 0 Å². The van der Waals surface area contributed by atoms with Crippen LogP contribution in [0.25, 0.3) is 0 Å². The second-order valence-corrected chi connectivity index (χ2v) is 5.76. The second-order valence-electron chi connectivity index (χ2n) is 4.31. The van der Waals surface area contributed by atoms with Crippen LogP contribution in [-0.4, -0.2) is 18.3 Å². The van der Waals surface area contributed by atoms with Crippen molar-refractivity contribution in [3.8, 4) is 0 Å². The number of hydrogen-bond acceptors (Lipinski definition) is 4. The van der Waals surface area contributed by atoms with E-state index in [-0.39, 0.29) is 5.97 Å². The molecule has 1 unspecified atom stereocenters. The van der Waals surface area contributed by atoms with Crippen molar-refractivity contribution in [2.24, 2.45) is 5.92 Å². The Hall–Kier alpha value is -1.16. The highest BCUT2D eigenvalue weighted by molar-refractivity contribution is 8.00. The van der Waals surface area contributed by atoms with Gasteiger partial charge in [-0.25, -0.2) is 4.79 Å². The Morgan fingerprint density at radius 1 is 1.35 bits per heavy atom. The summed E-state index contributed by atoms with van der Waals surface area (Å²) >= 11 is 1.74. The third kappa shape index (κ3) is 3.66. The number of ether oxygens (including phenoxy) is 1. The molecule has 0 aliphatic rings. The maximum Gasteiger partial charge on any atom is 0.339 e. The van der Waals surface area contributed by atoms with Crippen LogP contribution in [0.1, 0.15) is 31.1 Å². The number of thioether (sulfide) groups is 1. The number of nitrogen functional groups attached to an aromatic ring is 1. The first-order valence-corrected chi connectivity index (χ1v) is 6.48. The van der Waals surface area contributed by atoms with Gasteiger partial charge in [-0.15, -0.1) is 11.8 Å². The van der Waals surface area contributed by atoms with Gasteiger partial charge in [-0.1, -0.05) is 20.8 Å². The molecule has 1 aromatic rings. The van der Waals surface area contributed by atoms with Crippen molar-refractivity contribution in [1.82, 2.24) is 0 Å². The first-order chi connectivity index (χ1) is 7.95. The van der Waals surface area contributed by atoms with Gasteiger partial charge in [0.2, 0.25) is 0 Å². The average Bonchev–Trinajstić information content (AvgIpc) is 2.30. The molecule has 0 fully saturated rings. The third-order valence-corrected chi connectivity index (χ3v) is 4.13. The van der Waals surface area contributed by atoms with Gasteiger partial charge in [-0.3, -0.25) is 0 Å². The van der Waals surface area contributed by atoms with Crippen LogP contribution in [0, 0.1) is 5.92 Å². The molecule has 0 radical (unpaired) electrons. The minimum absolute atomic E-state index is 0.387. The van der Waals surface area contributed by atoms with E-state index in [0.717, 1.165) is 4.90 Å². The monoisotopic (exact) mass is 253 g/mol. The lowest BCUT2D eigenvalue weighted by Crippen LogP contribution is -2.07. The Morgan fingerprint density at radius 2 is 2.00 bits per heavy atom. The van der Waals surface area contributed by atoms with Crippen molar-refractivity contribution in [2.75, 3.05) is 12.8 Å². The van der Waals surface area contributed by atoms with E-state index in [0.29, 0.717) is 22.4 Å². The molecule has 94 valence electrons. The minimum Gasteiger partial charge on any atom is -0.465 e. The number of carbonyl (C=O) groups excluding carboxylic acids is 1. The molecule has 0 saturated carbocycles. The molecule has 0 heterocycles. The third-order valence-electron chi connectivity index (χ3n) is 2.69. The van der Waals surface area contributed by atoms with Crippen LogP contribution >= 0.6 is 11.8 Å². The molecular formula is C13H19NO2S. The largest absolute Gasteiger partial charge is 0.465 e. The number of benzene rings is 1. The van der Waals surface area contributed by atoms with Crippen molar-refractivity contribution >= 4 is 23.4 Å². The summed E-state index contributed by atoms with van der Waals surface area (Å²) in [7, 11) is 1.36. The number of esters is 1. The quantitative estimate of drug-likeness (QED) is 0.508. The minimum atomic E-state index is -0.387. The molecule has 1 atom stereocenters. The van der Waals surface area contributed by atoms with Crippen LogP contribution in [0.3, 0.4) is 0 Å². The summed E-state index contributed by atoms with van der Waals surface area (Å²) < 4.78 is 4.70. The molecule has 3 nitrogen and oxygen atoms in total. The Balaban J connectivity index is 2.93. The molecule has 2 N–H and O–H groups in total. The molecule has 0 saturated heterocycles. The predicted octanol–water partition coefficient (Wildman–Crippen LogP) is 3.19. The molecule has 0 bridgehead atoms. The Morgan fingerprint density at radius 3 is 2.53 bits per heavy atom. The fourth-order valence-corrected chi connectivity index (χ4v) is 2.28. The van der Waals surface area contributed by atoms with Crippen molar-refractivity contribution in [3.63, 3.8) is 0 Å². The van der Waals surface area contributed by atoms with Crippen LogP contribution in [0.4, 0.5) is 5.69 Å². The number of anilines is 1. The lowest BCUT2D eigenvalue weighted by Gasteiger charge is -2.15. The molecule has 0 spiro atoms. The predicted molar refractivity (Wildman–Crippen MR) is 72.4 cm³/mol. The molecule has 4 heteroatoms. The van der Waals surface area contributed by atoms with E-state index in [1.54, 1.807) is 23.9 Å². The van der Waals surface area contributed by atoms with Crippen molar-refractivity contribution < 1.29 is 9.53 Å². The van der Waals surface area contributed by atoms with Gasteiger partial charge in [-0.2, -0.15) is 0 Å². The van der Waals surface area contributed by atoms with Gasteiger partial charge >= 0.3 is 5.97 Å². The van der Waals surface area contributed by atoms with Crippen molar-refractivity contribution in [1.29, 1.82) is 0 Å². The van der Waals surface area contributed by atoms with Gasteiger partial charge in [-0.05, 0) is 24.1 Å². The Kier molecular flexibility index (Phi) is 4.87. The topological polar surface area (TPSA) is 52.3 Å². The number of hydrogen-bond donors (Lipinski definition) is 1. The summed E-state index contributed by atoms with van der Waals surface area (Å²) in [5.74, 6) is 0.196. The zero-order chi connectivity index (χ0) is 13.0. The van der Waals surface area contributed by atoms with E-state index >= 15 is 0 Å². The standard InChI is InChI=1S/C13H19NO2S/c1-8(2)9(3)17-10-5-6-12(14)11(7-10)13(15)16-4/h5-9H,14H2,1-4H3. The highest BCUT2D eigenvalue weighted by Gasteiger charge is 2.13. The Bertz CT molecular complexity index is 404. The fourth-order valence-electron chi connectivity index (χ4n) is 1.25. The average molecular weight is 253 g/mol. The summed E-state index contributed by atoms with van der Waals surface area (Å²) in [6, 6.07) is 5.48. The molecule has 1 aromatic carbocycles. The smallest absolute Gasteiger partial charge is 0.339 e. The molecule has 0 aromatic heterocycles. The van der Waals surface area contributed by atoms with Gasteiger partial charge in [0.15, 0.2) is 0 Å². The van der Waals surface area contributed by atoms with E-state index in [2.05, 4.69) is 20.8 Å².